The van der Waals surface area contributed by atoms with Gasteiger partial charge in [-0.15, -0.1) is 0 Å². The lowest BCUT2D eigenvalue weighted by Gasteiger charge is -2.18. The largest absolute Gasteiger partial charge is 0.427 e. The standard InChI is InChI=1S/C19H18O2/c1-14(20)21-18-11-9-15(10-12-18)13-17-7-4-6-16-5-2-3-8-19(16)17/h2-3,5,7-12H,4,6,13H2,1H3. The molecule has 0 spiro atoms. The molecule has 21 heavy (non-hydrogen) atoms. The van der Waals surface area contributed by atoms with Gasteiger partial charge >= 0.3 is 5.97 Å². The molecule has 0 fully saturated rings. The molecule has 0 unspecified atom stereocenters. The lowest BCUT2D eigenvalue weighted by molar-refractivity contribution is -0.131. The first-order chi connectivity index (χ1) is 10.2. The van der Waals surface area contributed by atoms with Crippen molar-refractivity contribution in [1.29, 1.82) is 0 Å². The second-order valence-electron chi connectivity index (χ2n) is 5.34. The van der Waals surface area contributed by atoms with E-state index >= 15 is 0 Å². The van der Waals surface area contributed by atoms with Crippen LogP contribution in [0.25, 0.3) is 5.57 Å². The van der Waals surface area contributed by atoms with Crippen LogP contribution in [0.2, 0.25) is 0 Å². The minimum Gasteiger partial charge on any atom is -0.427 e. The Bertz CT molecular complexity index is 681. The number of esters is 1. The highest BCUT2D eigenvalue weighted by Crippen LogP contribution is 2.29. The Morgan fingerprint density at radius 2 is 1.86 bits per heavy atom. The Morgan fingerprint density at radius 1 is 1.10 bits per heavy atom. The molecule has 0 saturated carbocycles. The van der Waals surface area contributed by atoms with Crippen molar-refractivity contribution in [3.05, 3.63) is 71.3 Å². The van der Waals surface area contributed by atoms with E-state index in [1.807, 2.05) is 24.3 Å². The molecule has 0 amide bonds. The van der Waals surface area contributed by atoms with Gasteiger partial charge in [-0.25, -0.2) is 0 Å². The minimum atomic E-state index is -0.285. The first-order valence-electron chi connectivity index (χ1n) is 7.27. The van der Waals surface area contributed by atoms with Crippen molar-refractivity contribution in [3.8, 4) is 5.75 Å². The average molecular weight is 278 g/mol. The number of hydrogen-bond donors (Lipinski definition) is 0. The summed E-state index contributed by atoms with van der Waals surface area (Å²) in [7, 11) is 0. The monoisotopic (exact) mass is 278 g/mol. The van der Waals surface area contributed by atoms with E-state index in [2.05, 4.69) is 30.3 Å². The molecule has 2 nitrogen and oxygen atoms in total. The second-order valence-corrected chi connectivity index (χ2v) is 5.34. The van der Waals surface area contributed by atoms with E-state index in [4.69, 9.17) is 4.74 Å². The first-order valence-corrected chi connectivity index (χ1v) is 7.27. The van der Waals surface area contributed by atoms with Crippen LogP contribution in [-0.4, -0.2) is 5.97 Å². The van der Waals surface area contributed by atoms with Crippen LogP contribution < -0.4 is 4.74 Å². The van der Waals surface area contributed by atoms with Gasteiger partial charge in [0.15, 0.2) is 0 Å². The number of carbonyl (C=O) groups excluding carboxylic acids is 1. The SMILES string of the molecule is CC(=O)Oc1ccc(CC2=CCCc3ccccc32)cc1. The van der Waals surface area contributed by atoms with Crippen molar-refractivity contribution in [1.82, 2.24) is 0 Å². The molecule has 3 rings (SSSR count). The van der Waals surface area contributed by atoms with Gasteiger partial charge in [-0.3, -0.25) is 4.79 Å². The molecule has 0 heterocycles. The second kappa shape index (κ2) is 5.96. The summed E-state index contributed by atoms with van der Waals surface area (Å²) in [6, 6.07) is 16.4. The van der Waals surface area contributed by atoms with E-state index in [1.165, 1.54) is 29.2 Å². The molecule has 106 valence electrons. The van der Waals surface area contributed by atoms with Crippen LogP contribution in [0.1, 0.15) is 30.0 Å². The Balaban J connectivity index is 1.78. The summed E-state index contributed by atoms with van der Waals surface area (Å²) in [4.78, 5) is 10.9. The smallest absolute Gasteiger partial charge is 0.308 e. The van der Waals surface area contributed by atoms with E-state index in [9.17, 15) is 4.79 Å². The van der Waals surface area contributed by atoms with Gasteiger partial charge in [0.05, 0.1) is 0 Å². The summed E-state index contributed by atoms with van der Waals surface area (Å²) in [5, 5.41) is 0. The normalized spacial score (nSPS) is 13.3. The number of allylic oxidation sites excluding steroid dienone is 2. The molecule has 0 atom stereocenters. The van der Waals surface area contributed by atoms with Crippen LogP contribution in [0.5, 0.6) is 5.75 Å². The predicted molar refractivity (Wildman–Crippen MR) is 84.2 cm³/mol. The average Bonchev–Trinajstić information content (AvgIpc) is 2.49. The molecule has 2 aromatic rings. The van der Waals surface area contributed by atoms with Crippen molar-refractivity contribution in [2.75, 3.05) is 0 Å². The molecular formula is C19H18O2. The molecule has 0 aliphatic heterocycles. The summed E-state index contributed by atoms with van der Waals surface area (Å²) in [5.41, 5.74) is 5.42. The minimum absolute atomic E-state index is 0.285. The molecule has 2 aromatic carbocycles. The number of fused-ring (bicyclic) bond motifs is 1. The molecule has 0 N–H and O–H groups in total. The quantitative estimate of drug-likeness (QED) is 0.622. The van der Waals surface area contributed by atoms with Gasteiger partial charge in [0, 0.05) is 6.92 Å². The molecule has 0 aromatic heterocycles. The lowest BCUT2D eigenvalue weighted by Crippen LogP contribution is -2.03. The number of hydrogen-bond acceptors (Lipinski definition) is 2. The van der Waals surface area contributed by atoms with Gasteiger partial charge in [-0.1, -0.05) is 42.5 Å². The van der Waals surface area contributed by atoms with Crippen molar-refractivity contribution in [3.63, 3.8) is 0 Å². The molecular weight excluding hydrogens is 260 g/mol. The van der Waals surface area contributed by atoms with Crippen molar-refractivity contribution < 1.29 is 9.53 Å². The molecule has 0 bridgehead atoms. The topological polar surface area (TPSA) is 26.3 Å². The fourth-order valence-electron chi connectivity index (χ4n) is 2.79. The summed E-state index contributed by atoms with van der Waals surface area (Å²) in [5.74, 6) is 0.316. The predicted octanol–water partition coefficient (Wildman–Crippen LogP) is 4.18. The highest BCUT2D eigenvalue weighted by atomic mass is 16.5. The van der Waals surface area contributed by atoms with Gasteiger partial charge in [0.1, 0.15) is 5.75 Å². The highest BCUT2D eigenvalue weighted by molar-refractivity contribution is 5.72. The summed E-state index contributed by atoms with van der Waals surface area (Å²) in [6.07, 6.45) is 5.49. The summed E-state index contributed by atoms with van der Waals surface area (Å²) >= 11 is 0. The van der Waals surface area contributed by atoms with E-state index in [1.54, 1.807) is 0 Å². The van der Waals surface area contributed by atoms with Crippen LogP contribution in [0, 0.1) is 0 Å². The number of ether oxygens (including phenoxy) is 1. The molecule has 0 radical (unpaired) electrons. The Kier molecular flexibility index (Phi) is 3.87. The third kappa shape index (κ3) is 3.22. The number of aryl methyl sites for hydroxylation is 1. The Labute approximate surface area is 125 Å². The Morgan fingerprint density at radius 3 is 2.62 bits per heavy atom. The number of benzene rings is 2. The van der Waals surface area contributed by atoms with Crippen molar-refractivity contribution in [2.45, 2.75) is 26.2 Å². The van der Waals surface area contributed by atoms with Crippen LogP contribution in [0.3, 0.4) is 0 Å². The molecule has 2 heteroatoms. The maximum absolute atomic E-state index is 10.9. The summed E-state index contributed by atoms with van der Waals surface area (Å²) in [6.45, 7) is 1.41. The highest BCUT2D eigenvalue weighted by Gasteiger charge is 2.12. The van der Waals surface area contributed by atoms with E-state index in [-0.39, 0.29) is 5.97 Å². The molecule has 1 aliphatic rings. The zero-order chi connectivity index (χ0) is 14.7. The maximum atomic E-state index is 10.9. The third-order valence-corrected chi connectivity index (χ3v) is 3.75. The van der Waals surface area contributed by atoms with Gasteiger partial charge in [-0.2, -0.15) is 0 Å². The summed E-state index contributed by atoms with van der Waals surface area (Å²) < 4.78 is 5.06. The fraction of sp³-hybridized carbons (Fsp3) is 0.211. The fourth-order valence-corrected chi connectivity index (χ4v) is 2.79. The Hall–Kier alpha value is -2.35. The number of carbonyl (C=O) groups is 1. The third-order valence-electron chi connectivity index (χ3n) is 3.75. The van der Waals surface area contributed by atoms with Crippen LogP contribution >= 0.6 is 0 Å². The van der Waals surface area contributed by atoms with Crippen LogP contribution in [0.15, 0.2) is 54.6 Å². The number of rotatable bonds is 3. The van der Waals surface area contributed by atoms with E-state index in [0.29, 0.717) is 5.75 Å². The zero-order valence-electron chi connectivity index (χ0n) is 12.1. The van der Waals surface area contributed by atoms with Gasteiger partial charge < -0.3 is 4.74 Å². The lowest BCUT2D eigenvalue weighted by atomic mass is 9.87. The van der Waals surface area contributed by atoms with Gasteiger partial charge in [0.25, 0.3) is 0 Å². The van der Waals surface area contributed by atoms with Gasteiger partial charge in [0.2, 0.25) is 0 Å². The van der Waals surface area contributed by atoms with Crippen molar-refractivity contribution in [2.24, 2.45) is 0 Å². The van der Waals surface area contributed by atoms with E-state index in [0.717, 1.165) is 19.3 Å². The van der Waals surface area contributed by atoms with E-state index < -0.39 is 0 Å². The van der Waals surface area contributed by atoms with Crippen LogP contribution in [0.4, 0.5) is 0 Å². The molecule has 0 saturated heterocycles. The van der Waals surface area contributed by atoms with Gasteiger partial charge in [-0.05, 0) is 53.7 Å². The zero-order valence-corrected chi connectivity index (χ0v) is 12.1. The first kappa shape index (κ1) is 13.6. The van der Waals surface area contributed by atoms with Crippen LogP contribution in [-0.2, 0) is 17.6 Å². The van der Waals surface area contributed by atoms with Crippen molar-refractivity contribution >= 4 is 11.5 Å². The maximum Gasteiger partial charge on any atom is 0.308 e. The molecule has 1 aliphatic carbocycles.